The number of hydrogen-bond acceptors (Lipinski definition) is 3. The van der Waals surface area contributed by atoms with E-state index in [4.69, 9.17) is 4.74 Å². The predicted molar refractivity (Wildman–Crippen MR) is 106 cm³/mol. The molecule has 1 aliphatic rings. The number of esters is 1. The first-order valence-corrected chi connectivity index (χ1v) is 10.1. The standard InChI is InChI=1S/C23H29NO3/c1-3-4-5-6-10-13-27-23(26)22-16(2)21-19(24-22)14-18(15-20(21)25)17-11-8-7-9-12-17/h7-9,11-12,18,24H,3-6,10,13-15H2,1-2H3. The fourth-order valence-corrected chi connectivity index (χ4v) is 3.94. The molecule has 0 spiro atoms. The number of benzene rings is 1. The molecule has 0 saturated heterocycles. The fraction of sp³-hybridized carbons (Fsp3) is 0.478. The summed E-state index contributed by atoms with van der Waals surface area (Å²) in [5.74, 6) is -0.0781. The molecule has 3 rings (SSSR count). The van der Waals surface area contributed by atoms with Crippen molar-refractivity contribution in [3.05, 3.63) is 58.4 Å². The van der Waals surface area contributed by atoms with Crippen LogP contribution in [0, 0.1) is 6.92 Å². The average molecular weight is 367 g/mol. The minimum Gasteiger partial charge on any atom is -0.461 e. The van der Waals surface area contributed by atoms with Gasteiger partial charge in [0.05, 0.1) is 6.61 Å². The summed E-state index contributed by atoms with van der Waals surface area (Å²) in [4.78, 5) is 28.4. The highest BCUT2D eigenvalue weighted by atomic mass is 16.5. The maximum Gasteiger partial charge on any atom is 0.355 e. The maximum atomic E-state index is 12.7. The molecule has 0 saturated carbocycles. The second-order valence-corrected chi connectivity index (χ2v) is 7.47. The number of aromatic amines is 1. The smallest absolute Gasteiger partial charge is 0.355 e. The third-order valence-electron chi connectivity index (χ3n) is 5.44. The molecule has 1 atom stereocenters. The van der Waals surface area contributed by atoms with Gasteiger partial charge in [-0.2, -0.15) is 0 Å². The first-order chi connectivity index (χ1) is 13.1. The van der Waals surface area contributed by atoms with Gasteiger partial charge in [0, 0.05) is 17.7 Å². The van der Waals surface area contributed by atoms with Crippen molar-refractivity contribution in [2.75, 3.05) is 6.61 Å². The number of hydrogen-bond donors (Lipinski definition) is 1. The van der Waals surface area contributed by atoms with Crippen molar-refractivity contribution < 1.29 is 14.3 Å². The molecule has 2 aromatic rings. The van der Waals surface area contributed by atoms with Gasteiger partial charge >= 0.3 is 5.97 Å². The van der Waals surface area contributed by atoms with E-state index in [0.717, 1.165) is 30.5 Å². The summed E-state index contributed by atoms with van der Waals surface area (Å²) < 4.78 is 5.43. The summed E-state index contributed by atoms with van der Waals surface area (Å²) in [6.45, 7) is 4.46. The predicted octanol–water partition coefficient (Wildman–Crippen LogP) is 5.36. The first kappa shape index (κ1) is 19.4. The van der Waals surface area contributed by atoms with E-state index in [1.807, 2.05) is 25.1 Å². The second-order valence-electron chi connectivity index (χ2n) is 7.47. The van der Waals surface area contributed by atoms with Crippen LogP contribution in [-0.2, 0) is 11.2 Å². The van der Waals surface area contributed by atoms with E-state index in [2.05, 4.69) is 24.0 Å². The molecule has 27 heavy (non-hydrogen) atoms. The van der Waals surface area contributed by atoms with Crippen LogP contribution in [0.3, 0.4) is 0 Å². The number of carbonyl (C=O) groups excluding carboxylic acids is 2. The van der Waals surface area contributed by atoms with Gasteiger partial charge < -0.3 is 9.72 Å². The quantitative estimate of drug-likeness (QED) is 0.504. The minimum atomic E-state index is -0.346. The molecule has 1 unspecified atom stereocenters. The highest BCUT2D eigenvalue weighted by Gasteiger charge is 2.32. The monoisotopic (exact) mass is 367 g/mol. The van der Waals surface area contributed by atoms with E-state index in [0.29, 0.717) is 24.3 Å². The van der Waals surface area contributed by atoms with Crippen LogP contribution in [0.1, 0.15) is 89.0 Å². The lowest BCUT2D eigenvalue weighted by Crippen LogP contribution is -2.18. The lowest BCUT2D eigenvalue weighted by Gasteiger charge is -2.22. The minimum absolute atomic E-state index is 0.109. The van der Waals surface area contributed by atoms with E-state index in [1.165, 1.54) is 24.8 Å². The van der Waals surface area contributed by atoms with Gasteiger partial charge in [0.2, 0.25) is 0 Å². The number of unbranched alkanes of at least 4 members (excludes halogenated alkanes) is 4. The van der Waals surface area contributed by atoms with Crippen LogP contribution in [0.15, 0.2) is 30.3 Å². The molecule has 1 heterocycles. The van der Waals surface area contributed by atoms with Gasteiger partial charge in [-0.3, -0.25) is 4.79 Å². The number of rotatable bonds is 8. The molecule has 0 fully saturated rings. The van der Waals surface area contributed by atoms with Gasteiger partial charge in [-0.15, -0.1) is 0 Å². The SMILES string of the molecule is CCCCCCCOC(=O)c1[nH]c2c(c1C)C(=O)CC(c1ccccc1)C2. The van der Waals surface area contributed by atoms with Crippen molar-refractivity contribution in [2.24, 2.45) is 0 Å². The van der Waals surface area contributed by atoms with E-state index >= 15 is 0 Å². The fourth-order valence-electron chi connectivity index (χ4n) is 3.94. The molecule has 0 amide bonds. The first-order valence-electron chi connectivity index (χ1n) is 10.1. The lowest BCUT2D eigenvalue weighted by molar-refractivity contribution is 0.0490. The Morgan fingerprint density at radius 1 is 1.11 bits per heavy atom. The van der Waals surface area contributed by atoms with Crippen molar-refractivity contribution in [3.8, 4) is 0 Å². The molecule has 1 aliphatic carbocycles. The Hall–Kier alpha value is -2.36. The number of aromatic nitrogens is 1. The molecule has 0 aliphatic heterocycles. The second kappa shape index (κ2) is 9.03. The molecule has 1 aromatic carbocycles. The Balaban J connectivity index is 1.66. The molecule has 1 aromatic heterocycles. The zero-order valence-electron chi connectivity index (χ0n) is 16.3. The zero-order chi connectivity index (χ0) is 19.2. The van der Waals surface area contributed by atoms with Crippen LogP contribution < -0.4 is 0 Å². The van der Waals surface area contributed by atoms with Crippen LogP contribution in [-0.4, -0.2) is 23.3 Å². The van der Waals surface area contributed by atoms with Gasteiger partial charge in [0.25, 0.3) is 0 Å². The molecule has 4 heteroatoms. The Morgan fingerprint density at radius 3 is 2.59 bits per heavy atom. The molecule has 144 valence electrons. The number of ketones is 1. The topological polar surface area (TPSA) is 59.2 Å². The summed E-state index contributed by atoms with van der Waals surface area (Å²) in [5, 5.41) is 0. The Morgan fingerprint density at radius 2 is 1.85 bits per heavy atom. The number of fused-ring (bicyclic) bond motifs is 1. The number of H-pyrrole nitrogens is 1. The van der Waals surface area contributed by atoms with Crippen LogP contribution in [0.2, 0.25) is 0 Å². The average Bonchev–Trinajstić information content (AvgIpc) is 3.02. The van der Waals surface area contributed by atoms with Crippen LogP contribution in [0.25, 0.3) is 0 Å². The van der Waals surface area contributed by atoms with Crippen molar-refractivity contribution in [1.82, 2.24) is 4.98 Å². The molecular weight excluding hydrogens is 338 g/mol. The maximum absolute atomic E-state index is 12.7. The van der Waals surface area contributed by atoms with Crippen molar-refractivity contribution in [3.63, 3.8) is 0 Å². The van der Waals surface area contributed by atoms with Crippen LogP contribution >= 0.6 is 0 Å². The highest BCUT2D eigenvalue weighted by molar-refractivity contribution is 6.03. The number of nitrogens with one attached hydrogen (secondary N) is 1. The summed E-state index contributed by atoms with van der Waals surface area (Å²) in [7, 11) is 0. The van der Waals surface area contributed by atoms with Crippen LogP contribution in [0.4, 0.5) is 0 Å². The lowest BCUT2D eigenvalue weighted by atomic mass is 9.81. The van der Waals surface area contributed by atoms with Gasteiger partial charge in [-0.05, 0) is 36.8 Å². The molecule has 0 bridgehead atoms. The zero-order valence-corrected chi connectivity index (χ0v) is 16.3. The molecular formula is C23H29NO3. The third-order valence-corrected chi connectivity index (χ3v) is 5.44. The Kier molecular flexibility index (Phi) is 6.49. The number of carbonyl (C=O) groups is 2. The van der Waals surface area contributed by atoms with Crippen molar-refractivity contribution in [2.45, 2.75) is 64.7 Å². The summed E-state index contributed by atoms with van der Waals surface area (Å²) >= 11 is 0. The van der Waals surface area contributed by atoms with Crippen LogP contribution in [0.5, 0.6) is 0 Å². The Bertz CT molecular complexity index is 791. The summed E-state index contributed by atoms with van der Waals surface area (Å²) in [5.41, 5.74) is 3.90. The normalized spacial score (nSPS) is 16.2. The van der Waals surface area contributed by atoms with Gasteiger partial charge in [0.15, 0.2) is 5.78 Å². The largest absolute Gasteiger partial charge is 0.461 e. The van der Waals surface area contributed by atoms with Gasteiger partial charge in [0.1, 0.15) is 5.69 Å². The van der Waals surface area contributed by atoms with Gasteiger partial charge in [-0.25, -0.2) is 4.79 Å². The van der Waals surface area contributed by atoms with Crippen molar-refractivity contribution in [1.29, 1.82) is 0 Å². The number of Topliss-reactive ketones (excluding diaryl/α,β-unsaturated/α-hetero) is 1. The van der Waals surface area contributed by atoms with E-state index in [-0.39, 0.29) is 17.7 Å². The van der Waals surface area contributed by atoms with E-state index in [1.54, 1.807) is 0 Å². The van der Waals surface area contributed by atoms with E-state index in [9.17, 15) is 9.59 Å². The van der Waals surface area contributed by atoms with Crippen molar-refractivity contribution >= 4 is 11.8 Å². The Labute approximate surface area is 161 Å². The summed E-state index contributed by atoms with van der Waals surface area (Å²) in [6, 6.07) is 10.1. The molecule has 1 N–H and O–H groups in total. The highest BCUT2D eigenvalue weighted by Crippen LogP contribution is 2.35. The molecule has 4 nitrogen and oxygen atoms in total. The van der Waals surface area contributed by atoms with E-state index < -0.39 is 0 Å². The summed E-state index contributed by atoms with van der Waals surface area (Å²) in [6.07, 6.45) is 6.81. The third kappa shape index (κ3) is 4.49. The van der Waals surface area contributed by atoms with Gasteiger partial charge in [-0.1, -0.05) is 62.9 Å². The number of ether oxygens (including phenoxy) is 1. The molecule has 0 radical (unpaired) electrons.